The zero-order valence-electron chi connectivity index (χ0n) is 9.04. The van der Waals surface area contributed by atoms with Crippen molar-refractivity contribution in [2.45, 2.75) is 50.6 Å². The molecule has 14 heavy (non-hydrogen) atoms. The van der Waals surface area contributed by atoms with E-state index in [1.807, 2.05) is 0 Å². The van der Waals surface area contributed by atoms with Crippen LogP contribution in [0.2, 0.25) is 0 Å². The molecular formula is C12H22N2. The molecule has 0 aromatic heterocycles. The molecule has 80 valence electrons. The molecule has 0 spiro atoms. The van der Waals surface area contributed by atoms with Gasteiger partial charge in [0.05, 0.1) is 0 Å². The van der Waals surface area contributed by atoms with Crippen molar-refractivity contribution >= 4 is 0 Å². The smallest absolute Gasteiger partial charge is 0.0223 e. The van der Waals surface area contributed by atoms with Crippen LogP contribution in [0.1, 0.15) is 38.5 Å². The van der Waals surface area contributed by atoms with Gasteiger partial charge in [0, 0.05) is 25.2 Å². The Morgan fingerprint density at radius 3 is 2.71 bits per heavy atom. The lowest BCUT2D eigenvalue weighted by Crippen LogP contribution is -2.48. The van der Waals surface area contributed by atoms with Crippen LogP contribution in [0.3, 0.4) is 0 Å². The van der Waals surface area contributed by atoms with Crippen molar-refractivity contribution in [2.75, 3.05) is 19.6 Å². The Morgan fingerprint density at radius 1 is 1.00 bits per heavy atom. The first-order chi connectivity index (χ1) is 6.93. The van der Waals surface area contributed by atoms with Crippen molar-refractivity contribution in [1.82, 2.24) is 10.2 Å². The van der Waals surface area contributed by atoms with Crippen LogP contribution in [0, 0.1) is 5.92 Å². The SMILES string of the molecule is C1C[C@H]2CCNC[C@H](C1)N2CC1CC1. The van der Waals surface area contributed by atoms with Crippen molar-refractivity contribution in [2.24, 2.45) is 5.92 Å². The average Bonchev–Trinajstić information content (AvgIpc) is 2.99. The summed E-state index contributed by atoms with van der Waals surface area (Å²) in [4.78, 5) is 2.85. The number of nitrogens with zero attached hydrogens (tertiary/aromatic N) is 1. The third-order valence-corrected chi connectivity index (χ3v) is 4.21. The number of hydrogen-bond donors (Lipinski definition) is 1. The van der Waals surface area contributed by atoms with Gasteiger partial charge in [-0.1, -0.05) is 6.42 Å². The van der Waals surface area contributed by atoms with Gasteiger partial charge in [0.25, 0.3) is 0 Å². The van der Waals surface area contributed by atoms with Crippen molar-refractivity contribution in [3.8, 4) is 0 Å². The fraction of sp³-hybridized carbons (Fsp3) is 1.00. The molecule has 0 amide bonds. The molecule has 2 aliphatic heterocycles. The second kappa shape index (κ2) is 3.82. The molecule has 2 heteroatoms. The van der Waals surface area contributed by atoms with Crippen LogP contribution in [0.15, 0.2) is 0 Å². The maximum atomic E-state index is 3.60. The Labute approximate surface area is 87.0 Å². The van der Waals surface area contributed by atoms with Crippen LogP contribution in [-0.4, -0.2) is 36.6 Å². The van der Waals surface area contributed by atoms with Crippen LogP contribution in [0.5, 0.6) is 0 Å². The predicted octanol–water partition coefficient (Wildman–Crippen LogP) is 1.61. The van der Waals surface area contributed by atoms with Gasteiger partial charge in [-0.3, -0.25) is 4.90 Å². The molecule has 0 radical (unpaired) electrons. The highest BCUT2D eigenvalue weighted by atomic mass is 15.2. The first kappa shape index (κ1) is 9.17. The van der Waals surface area contributed by atoms with Crippen LogP contribution < -0.4 is 5.32 Å². The van der Waals surface area contributed by atoms with Crippen LogP contribution in [0.25, 0.3) is 0 Å². The highest BCUT2D eigenvalue weighted by molar-refractivity contribution is 4.91. The Bertz CT molecular complexity index is 186. The quantitative estimate of drug-likeness (QED) is 0.718. The van der Waals surface area contributed by atoms with E-state index in [0.29, 0.717) is 0 Å². The highest BCUT2D eigenvalue weighted by Crippen LogP contribution is 2.34. The molecule has 2 saturated heterocycles. The van der Waals surface area contributed by atoms with E-state index in [0.717, 1.165) is 18.0 Å². The fourth-order valence-electron chi connectivity index (χ4n) is 3.18. The zero-order chi connectivity index (χ0) is 9.38. The van der Waals surface area contributed by atoms with E-state index in [9.17, 15) is 0 Å². The topological polar surface area (TPSA) is 15.3 Å². The Kier molecular flexibility index (Phi) is 2.50. The largest absolute Gasteiger partial charge is 0.315 e. The predicted molar refractivity (Wildman–Crippen MR) is 58.3 cm³/mol. The second-order valence-electron chi connectivity index (χ2n) is 5.37. The summed E-state index contributed by atoms with van der Waals surface area (Å²) in [6.45, 7) is 3.92. The summed E-state index contributed by atoms with van der Waals surface area (Å²) in [5.41, 5.74) is 0. The standard InChI is InChI=1S/C12H22N2/c1-2-11-6-7-13-8-12(3-1)14(11)9-10-4-5-10/h10-13H,1-9H2/t11-,12-/m0/s1. The Balaban J connectivity index is 1.69. The van der Waals surface area contributed by atoms with Crippen molar-refractivity contribution < 1.29 is 0 Å². The normalized spacial score (nSPS) is 39.4. The maximum Gasteiger partial charge on any atom is 0.0223 e. The summed E-state index contributed by atoms with van der Waals surface area (Å²) in [6.07, 6.45) is 8.77. The summed E-state index contributed by atoms with van der Waals surface area (Å²) >= 11 is 0. The van der Waals surface area contributed by atoms with Gasteiger partial charge in [-0.15, -0.1) is 0 Å². The third-order valence-electron chi connectivity index (χ3n) is 4.21. The first-order valence-corrected chi connectivity index (χ1v) is 6.40. The summed E-state index contributed by atoms with van der Waals surface area (Å²) in [7, 11) is 0. The van der Waals surface area contributed by atoms with Crippen LogP contribution in [0.4, 0.5) is 0 Å². The molecule has 0 unspecified atom stereocenters. The summed E-state index contributed by atoms with van der Waals surface area (Å²) in [5.74, 6) is 1.07. The van der Waals surface area contributed by atoms with E-state index >= 15 is 0 Å². The number of fused-ring (bicyclic) bond motifs is 2. The first-order valence-electron chi connectivity index (χ1n) is 6.40. The zero-order valence-corrected chi connectivity index (χ0v) is 9.04. The molecule has 0 aromatic rings. The van der Waals surface area contributed by atoms with Crippen molar-refractivity contribution in [3.05, 3.63) is 0 Å². The molecule has 1 aliphatic carbocycles. The van der Waals surface area contributed by atoms with Gasteiger partial charge in [0.2, 0.25) is 0 Å². The van der Waals surface area contributed by atoms with Gasteiger partial charge < -0.3 is 5.32 Å². The van der Waals surface area contributed by atoms with E-state index in [-0.39, 0.29) is 0 Å². The van der Waals surface area contributed by atoms with Crippen molar-refractivity contribution in [1.29, 1.82) is 0 Å². The molecule has 3 rings (SSSR count). The molecule has 1 saturated carbocycles. The molecule has 3 aliphatic rings. The lowest BCUT2D eigenvalue weighted by atomic mass is 9.94. The molecule has 2 bridgehead atoms. The Morgan fingerprint density at radius 2 is 1.86 bits per heavy atom. The van der Waals surface area contributed by atoms with E-state index in [4.69, 9.17) is 0 Å². The minimum Gasteiger partial charge on any atom is -0.315 e. The fourth-order valence-corrected chi connectivity index (χ4v) is 3.18. The minimum atomic E-state index is 0.872. The summed E-state index contributed by atoms with van der Waals surface area (Å²) in [5, 5.41) is 3.60. The second-order valence-corrected chi connectivity index (χ2v) is 5.37. The molecule has 2 nitrogen and oxygen atoms in total. The van der Waals surface area contributed by atoms with E-state index < -0.39 is 0 Å². The van der Waals surface area contributed by atoms with Crippen molar-refractivity contribution in [3.63, 3.8) is 0 Å². The maximum absolute atomic E-state index is 3.60. The molecule has 1 N–H and O–H groups in total. The van der Waals surface area contributed by atoms with Crippen LogP contribution in [-0.2, 0) is 0 Å². The molecule has 2 heterocycles. The number of hydrogen-bond acceptors (Lipinski definition) is 2. The Hall–Kier alpha value is -0.0800. The summed E-state index contributed by atoms with van der Waals surface area (Å²) < 4.78 is 0. The molecule has 0 aromatic carbocycles. The highest BCUT2D eigenvalue weighted by Gasteiger charge is 2.35. The van der Waals surface area contributed by atoms with Gasteiger partial charge in [-0.25, -0.2) is 0 Å². The van der Waals surface area contributed by atoms with Crippen LogP contribution >= 0.6 is 0 Å². The molecular weight excluding hydrogens is 172 g/mol. The lowest BCUT2D eigenvalue weighted by molar-refractivity contribution is 0.0880. The lowest BCUT2D eigenvalue weighted by Gasteiger charge is -2.40. The molecule has 3 fully saturated rings. The van der Waals surface area contributed by atoms with Gasteiger partial charge >= 0.3 is 0 Å². The monoisotopic (exact) mass is 194 g/mol. The third kappa shape index (κ3) is 1.82. The average molecular weight is 194 g/mol. The van der Waals surface area contributed by atoms with Gasteiger partial charge in [0.15, 0.2) is 0 Å². The minimum absolute atomic E-state index is 0.872. The van der Waals surface area contributed by atoms with E-state index in [1.165, 1.54) is 58.2 Å². The summed E-state index contributed by atoms with van der Waals surface area (Å²) in [6, 6.07) is 1.79. The van der Waals surface area contributed by atoms with Gasteiger partial charge in [0.1, 0.15) is 0 Å². The number of piperidine rings is 1. The van der Waals surface area contributed by atoms with E-state index in [2.05, 4.69) is 10.2 Å². The molecule has 2 atom stereocenters. The van der Waals surface area contributed by atoms with E-state index in [1.54, 1.807) is 0 Å². The van der Waals surface area contributed by atoms with Gasteiger partial charge in [-0.05, 0) is 44.6 Å². The number of nitrogens with one attached hydrogen (secondary N) is 1. The van der Waals surface area contributed by atoms with Gasteiger partial charge in [-0.2, -0.15) is 0 Å². The number of rotatable bonds is 2.